The molecule has 0 unspecified atom stereocenters. The second-order valence-corrected chi connectivity index (χ2v) is 6.68. The Labute approximate surface area is 149 Å². The molecule has 8 nitrogen and oxygen atoms in total. The molecular formula is C17H20FN7O. The molecule has 0 spiro atoms. The minimum absolute atomic E-state index is 0.0393. The molecule has 1 amide bonds. The highest BCUT2D eigenvalue weighted by molar-refractivity contribution is 5.81. The fourth-order valence-corrected chi connectivity index (χ4v) is 3.84. The van der Waals surface area contributed by atoms with Gasteiger partial charge in [-0.15, -0.1) is 0 Å². The molecule has 0 aromatic carbocycles. The van der Waals surface area contributed by atoms with Crippen LogP contribution in [0.4, 0.5) is 21.8 Å². The molecule has 1 saturated carbocycles. The van der Waals surface area contributed by atoms with Crippen LogP contribution >= 0.6 is 0 Å². The van der Waals surface area contributed by atoms with E-state index in [2.05, 4.69) is 43.2 Å². The third-order valence-electron chi connectivity index (χ3n) is 5.02. The number of fused-ring (bicyclic) bond motifs is 2. The van der Waals surface area contributed by atoms with E-state index in [-0.39, 0.29) is 41.5 Å². The number of nitrogens with zero attached hydrogens (tertiary/aromatic N) is 4. The standard InChI is InChI=1S/C17H20FN7O/c1-19-16(26)13-9-3-4-10(5-9)14(13)23-15-12(18)7-20-17(24-15)22-11-6-21-25(2)8-11/h3-4,6-10,13-14H,5H2,1-2H3,(H,19,26)(H2,20,22,23,24)/t9-,10-,13-,14+/m1/s1. The normalized spacial score (nSPS) is 26.1. The van der Waals surface area contributed by atoms with Gasteiger partial charge in [0, 0.05) is 26.3 Å². The number of hydrogen-bond donors (Lipinski definition) is 3. The van der Waals surface area contributed by atoms with E-state index in [9.17, 15) is 9.18 Å². The molecule has 0 aliphatic heterocycles. The summed E-state index contributed by atoms with van der Waals surface area (Å²) in [7, 11) is 3.42. The van der Waals surface area contributed by atoms with Gasteiger partial charge in [-0.1, -0.05) is 12.2 Å². The first-order chi connectivity index (χ1) is 12.5. The molecule has 26 heavy (non-hydrogen) atoms. The van der Waals surface area contributed by atoms with Crippen molar-refractivity contribution in [2.24, 2.45) is 24.8 Å². The second-order valence-electron chi connectivity index (χ2n) is 6.68. The molecule has 2 aliphatic carbocycles. The Balaban J connectivity index is 1.56. The lowest BCUT2D eigenvalue weighted by molar-refractivity contribution is -0.125. The average molecular weight is 357 g/mol. The van der Waals surface area contributed by atoms with Crippen molar-refractivity contribution in [1.29, 1.82) is 0 Å². The van der Waals surface area contributed by atoms with Gasteiger partial charge in [0.25, 0.3) is 0 Å². The van der Waals surface area contributed by atoms with Gasteiger partial charge in [-0.25, -0.2) is 9.37 Å². The molecule has 4 atom stereocenters. The summed E-state index contributed by atoms with van der Waals surface area (Å²) in [5.41, 5.74) is 0.705. The number of allylic oxidation sites excluding steroid dienone is 1. The lowest BCUT2D eigenvalue weighted by atomic mass is 9.88. The largest absolute Gasteiger partial charge is 0.363 e. The maximum atomic E-state index is 14.3. The van der Waals surface area contributed by atoms with Crippen molar-refractivity contribution in [3.05, 3.63) is 36.6 Å². The van der Waals surface area contributed by atoms with Crippen molar-refractivity contribution in [2.75, 3.05) is 17.7 Å². The highest BCUT2D eigenvalue weighted by Crippen LogP contribution is 2.45. The van der Waals surface area contributed by atoms with Crippen molar-refractivity contribution in [1.82, 2.24) is 25.1 Å². The maximum Gasteiger partial charge on any atom is 0.229 e. The van der Waals surface area contributed by atoms with E-state index in [1.165, 1.54) is 0 Å². The Morgan fingerprint density at radius 1 is 1.31 bits per heavy atom. The summed E-state index contributed by atoms with van der Waals surface area (Å²) in [6.07, 6.45) is 9.57. The van der Waals surface area contributed by atoms with E-state index in [1.807, 2.05) is 0 Å². The molecule has 2 aliphatic rings. The summed E-state index contributed by atoms with van der Waals surface area (Å²) >= 11 is 0. The molecule has 4 rings (SSSR count). The molecule has 0 saturated heterocycles. The SMILES string of the molecule is CNC(=O)[C@H]1[C@@H](Nc2nc(Nc3cnn(C)c3)ncc2F)[C@@H]2C=C[C@@H]1C2. The Bertz CT molecular complexity index is 865. The topological polar surface area (TPSA) is 96.8 Å². The van der Waals surface area contributed by atoms with Gasteiger partial charge in [-0.3, -0.25) is 9.48 Å². The highest BCUT2D eigenvalue weighted by atomic mass is 19.1. The third kappa shape index (κ3) is 2.89. The van der Waals surface area contributed by atoms with Crippen LogP contribution < -0.4 is 16.0 Å². The zero-order chi connectivity index (χ0) is 18.3. The Morgan fingerprint density at radius 3 is 2.85 bits per heavy atom. The predicted molar refractivity (Wildman–Crippen MR) is 94.2 cm³/mol. The molecule has 1 fully saturated rings. The van der Waals surface area contributed by atoms with E-state index < -0.39 is 5.82 Å². The average Bonchev–Trinajstić information content (AvgIpc) is 3.33. The van der Waals surface area contributed by atoms with Gasteiger partial charge in [-0.05, 0) is 18.3 Å². The summed E-state index contributed by atoms with van der Waals surface area (Å²) in [5.74, 6) is -0.115. The smallest absolute Gasteiger partial charge is 0.229 e. The van der Waals surface area contributed by atoms with Gasteiger partial charge in [0.1, 0.15) is 0 Å². The van der Waals surface area contributed by atoms with Crippen LogP contribution in [-0.4, -0.2) is 38.7 Å². The first-order valence-electron chi connectivity index (χ1n) is 8.50. The quantitative estimate of drug-likeness (QED) is 0.701. The van der Waals surface area contributed by atoms with E-state index in [0.29, 0.717) is 5.69 Å². The van der Waals surface area contributed by atoms with Crippen molar-refractivity contribution in [3.63, 3.8) is 0 Å². The van der Waals surface area contributed by atoms with E-state index in [1.54, 1.807) is 31.2 Å². The van der Waals surface area contributed by atoms with Crippen LogP contribution in [0.15, 0.2) is 30.7 Å². The maximum absolute atomic E-state index is 14.3. The number of amides is 1. The van der Waals surface area contributed by atoms with Crippen molar-refractivity contribution < 1.29 is 9.18 Å². The minimum Gasteiger partial charge on any atom is -0.363 e. The number of nitrogens with one attached hydrogen (secondary N) is 3. The first-order valence-corrected chi connectivity index (χ1v) is 8.50. The molecule has 9 heteroatoms. The summed E-state index contributed by atoms with van der Waals surface area (Å²) < 4.78 is 15.9. The van der Waals surface area contributed by atoms with Crippen LogP contribution in [0, 0.1) is 23.6 Å². The van der Waals surface area contributed by atoms with E-state index in [0.717, 1.165) is 12.6 Å². The number of carbonyl (C=O) groups excluding carboxylic acids is 1. The summed E-state index contributed by atoms with van der Waals surface area (Å²) in [6.45, 7) is 0. The number of anilines is 3. The molecule has 136 valence electrons. The number of carbonyl (C=O) groups is 1. The van der Waals surface area contributed by atoms with Gasteiger partial charge in [0.15, 0.2) is 11.6 Å². The van der Waals surface area contributed by atoms with Gasteiger partial charge in [0.05, 0.1) is 24.0 Å². The molecule has 2 aromatic heterocycles. The van der Waals surface area contributed by atoms with Crippen LogP contribution in [-0.2, 0) is 11.8 Å². The Morgan fingerprint density at radius 2 is 2.12 bits per heavy atom. The minimum atomic E-state index is -0.552. The monoisotopic (exact) mass is 357 g/mol. The van der Waals surface area contributed by atoms with E-state index in [4.69, 9.17) is 0 Å². The van der Waals surface area contributed by atoms with E-state index >= 15 is 0 Å². The molecule has 2 bridgehead atoms. The van der Waals surface area contributed by atoms with Crippen LogP contribution in [0.25, 0.3) is 0 Å². The van der Waals surface area contributed by atoms with Crippen molar-refractivity contribution in [2.45, 2.75) is 12.5 Å². The molecule has 3 N–H and O–H groups in total. The number of hydrogen-bond acceptors (Lipinski definition) is 6. The molecule has 0 radical (unpaired) electrons. The Hall–Kier alpha value is -2.97. The van der Waals surface area contributed by atoms with Gasteiger partial charge in [0.2, 0.25) is 11.9 Å². The highest BCUT2D eigenvalue weighted by Gasteiger charge is 2.48. The molecule has 2 heterocycles. The summed E-state index contributed by atoms with van der Waals surface area (Å²) in [5, 5.41) is 12.9. The lowest BCUT2D eigenvalue weighted by Crippen LogP contribution is -2.42. The van der Waals surface area contributed by atoms with Crippen molar-refractivity contribution >= 4 is 23.4 Å². The Kier molecular flexibility index (Phi) is 4.06. The molecular weight excluding hydrogens is 337 g/mol. The van der Waals surface area contributed by atoms with Crippen LogP contribution in [0.5, 0.6) is 0 Å². The summed E-state index contributed by atoms with van der Waals surface area (Å²) in [6, 6.07) is -0.194. The zero-order valence-corrected chi connectivity index (χ0v) is 14.5. The number of aryl methyl sites for hydroxylation is 1. The third-order valence-corrected chi connectivity index (χ3v) is 5.02. The van der Waals surface area contributed by atoms with Gasteiger partial charge < -0.3 is 16.0 Å². The lowest BCUT2D eigenvalue weighted by Gasteiger charge is -2.28. The predicted octanol–water partition coefficient (Wildman–Crippen LogP) is 1.44. The van der Waals surface area contributed by atoms with Crippen LogP contribution in [0.1, 0.15) is 6.42 Å². The summed E-state index contributed by atoms with van der Waals surface area (Å²) in [4.78, 5) is 20.5. The zero-order valence-electron chi connectivity index (χ0n) is 14.5. The van der Waals surface area contributed by atoms with Gasteiger partial charge >= 0.3 is 0 Å². The van der Waals surface area contributed by atoms with Crippen LogP contribution in [0.3, 0.4) is 0 Å². The second kappa shape index (κ2) is 6.40. The molecule has 2 aromatic rings. The fraction of sp³-hybridized carbons (Fsp3) is 0.412. The fourth-order valence-electron chi connectivity index (χ4n) is 3.84. The number of rotatable bonds is 5. The van der Waals surface area contributed by atoms with Gasteiger partial charge in [-0.2, -0.15) is 10.1 Å². The van der Waals surface area contributed by atoms with Crippen molar-refractivity contribution in [3.8, 4) is 0 Å². The number of aromatic nitrogens is 4. The number of halogens is 1. The first kappa shape index (κ1) is 16.5. The van der Waals surface area contributed by atoms with Crippen LogP contribution in [0.2, 0.25) is 0 Å².